The van der Waals surface area contributed by atoms with E-state index >= 15 is 0 Å². The van der Waals surface area contributed by atoms with Crippen LogP contribution >= 0.6 is 0 Å². The summed E-state index contributed by atoms with van der Waals surface area (Å²) >= 11 is 0. The van der Waals surface area contributed by atoms with Gasteiger partial charge in [0.2, 0.25) is 15.9 Å². The molecule has 0 aromatic heterocycles. The summed E-state index contributed by atoms with van der Waals surface area (Å²) in [5, 5.41) is 5.88. The van der Waals surface area contributed by atoms with Gasteiger partial charge in [-0.05, 0) is 61.7 Å². The highest BCUT2D eigenvalue weighted by Gasteiger charge is 2.23. The molecule has 1 aliphatic rings. The summed E-state index contributed by atoms with van der Waals surface area (Å²) in [7, 11) is -2.11. The Kier molecular flexibility index (Phi) is 8.57. The van der Waals surface area contributed by atoms with Gasteiger partial charge >= 0.3 is 0 Å². The van der Waals surface area contributed by atoms with Gasteiger partial charge in [0.15, 0.2) is 0 Å². The lowest BCUT2D eigenvalue weighted by atomic mass is 10.1. The lowest BCUT2D eigenvalue weighted by Crippen LogP contribution is -2.30. The van der Waals surface area contributed by atoms with Crippen molar-refractivity contribution in [2.75, 3.05) is 55.4 Å². The molecule has 2 N–H and O–H groups in total. The number of benzene rings is 2. The van der Waals surface area contributed by atoms with E-state index in [1.807, 2.05) is 24.3 Å². The van der Waals surface area contributed by atoms with Crippen molar-refractivity contribution < 1.29 is 17.9 Å². The van der Waals surface area contributed by atoms with Crippen LogP contribution in [0.25, 0.3) is 0 Å². The molecule has 0 atom stereocenters. The first-order valence-corrected chi connectivity index (χ1v) is 12.9. The fraction of sp³-hybridized carbons (Fsp3) is 0.458. The lowest BCUT2D eigenvalue weighted by Gasteiger charge is -2.28. The van der Waals surface area contributed by atoms with E-state index in [9.17, 15) is 13.2 Å². The Morgan fingerprint density at radius 1 is 1.03 bits per heavy atom. The average Bonchev–Trinajstić information content (AvgIpc) is 2.84. The fourth-order valence-electron chi connectivity index (χ4n) is 3.99. The highest BCUT2D eigenvalue weighted by molar-refractivity contribution is 7.89. The van der Waals surface area contributed by atoms with Crippen LogP contribution in [0.3, 0.4) is 0 Å². The topological polar surface area (TPSA) is 91.0 Å². The van der Waals surface area contributed by atoms with Crippen molar-refractivity contribution in [3.05, 3.63) is 42.5 Å². The van der Waals surface area contributed by atoms with Crippen LogP contribution in [0.5, 0.6) is 5.75 Å². The van der Waals surface area contributed by atoms with Crippen LogP contribution in [0.15, 0.2) is 47.4 Å². The second kappa shape index (κ2) is 11.4. The smallest absolute Gasteiger partial charge is 0.243 e. The Morgan fingerprint density at radius 2 is 1.70 bits per heavy atom. The van der Waals surface area contributed by atoms with E-state index < -0.39 is 10.0 Å². The summed E-state index contributed by atoms with van der Waals surface area (Å²) in [6.45, 7) is 6.47. The molecule has 33 heavy (non-hydrogen) atoms. The first kappa shape index (κ1) is 24.9. The number of nitrogens with zero attached hydrogens (tertiary/aromatic N) is 2. The van der Waals surface area contributed by atoms with Crippen LogP contribution in [0, 0.1) is 0 Å². The minimum absolute atomic E-state index is 0.0288. The molecule has 2 aromatic rings. The summed E-state index contributed by atoms with van der Waals surface area (Å²) in [6, 6.07) is 12.5. The normalized spacial score (nSPS) is 14.2. The van der Waals surface area contributed by atoms with Gasteiger partial charge in [-0.25, -0.2) is 8.42 Å². The van der Waals surface area contributed by atoms with E-state index in [0.717, 1.165) is 13.1 Å². The molecule has 0 radical (unpaired) electrons. The van der Waals surface area contributed by atoms with Crippen molar-refractivity contribution in [2.24, 2.45) is 0 Å². The number of hydrogen-bond acceptors (Lipinski definition) is 6. The second-order valence-electron chi connectivity index (χ2n) is 7.95. The number of methoxy groups -OCH3 is 1. The van der Waals surface area contributed by atoms with Crippen molar-refractivity contribution in [3.63, 3.8) is 0 Å². The van der Waals surface area contributed by atoms with Crippen molar-refractivity contribution in [2.45, 2.75) is 38.0 Å². The van der Waals surface area contributed by atoms with Crippen LogP contribution in [0.1, 0.15) is 33.1 Å². The number of sulfonamides is 1. The van der Waals surface area contributed by atoms with Gasteiger partial charge in [0.05, 0.1) is 24.2 Å². The zero-order valence-electron chi connectivity index (χ0n) is 19.6. The molecule has 0 unspecified atom stereocenters. The van der Waals surface area contributed by atoms with Crippen molar-refractivity contribution in [1.82, 2.24) is 4.31 Å². The first-order chi connectivity index (χ1) is 15.9. The fourth-order valence-corrected chi connectivity index (χ4v) is 5.47. The number of rotatable bonds is 10. The maximum atomic E-state index is 12.8. The van der Waals surface area contributed by atoms with Crippen molar-refractivity contribution >= 4 is 33.0 Å². The predicted molar refractivity (Wildman–Crippen MR) is 133 cm³/mol. The molecule has 180 valence electrons. The standard InChI is InChI=1S/C24H34N4O4S/c1-4-28(5-2)33(30,31)21-13-14-23(32-3)22(17-21)25-18-24(29)26-19-9-11-20(12-10-19)27-15-7-6-8-16-27/h9-14,17,25H,4-8,15-16,18H2,1-3H3,(H,26,29). The molecule has 1 saturated heterocycles. The maximum absolute atomic E-state index is 12.8. The van der Waals surface area contributed by atoms with Gasteiger partial charge in [0.1, 0.15) is 5.75 Å². The van der Waals surface area contributed by atoms with Crippen LogP contribution in [0.2, 0.25) is 0 Å². The second-order valence-corrected chi connectivity index (χ2v) is 9.89. The molecule has 8 nitrogen and oxygen atoms in total. The summed E-state index contributed by atoms with van der Waals surface area (Å²) in [4.78, 5) is 15.0. The summed E-state index contributed by atoms with van der Waals surface area (Å²) in [5.74, 6) is 0.229. The molecule has 1 fully saturated rings. The van der Waals surface area contributed by atoms with Crippen LogP contribution in [-0.2, 0) is 14.8 Å². The molecule has 2 aromatic carbocycles. The summed E-state index contributed by atoms with van der Waals surface area (Å²) in [5.41, 5.74) is 2.33. The minimum Gasteiger partial charge on any atom is -0.495 e. The van der Waals surface area contributed by atoms with Gasteiger partial charge < -0.3 is 20.3 Å². The Hall–Kier alpha value is -2.78. The Labute approximate surface area is 197 Å². The number of amides is 1. The van der Waals surface area contributed by atoms with E-state index in [2.05, 4.69) is 15.5 Å². The maximum Gasteiger partial charge on any atom is 0.243 e. The average molecular weight is 475 g/mol. The number of nitrogens with one attached hydrogen (secondary N) is 2. The molecular formula is C24H34N4O4S. The van der Waals surface area contributed by atoms with Crippen LogP contribution < -0.4 is 20.3 Å². The quantitative estimate of drug-likeness (QED) is 0.545. The van der Waals surface area contributed by atoms with E-state index in [4.69, 9.17) is 4.74 Å². The van der Waals surface area contributed by atoms with Crippen molar-refractivity contribution in [3.8, 4) is 5.75 Å². The predicted octanol–water partition coefficient (Wildman–Crippen LogP) is 3.77. The zero-order chi connectivity index (χ0) is 23.8. The van der Waals surface area contributed by atoms with Crippen LogP contribution in [-0.4, -0.2) is 58.5 Å². The van der Waals surface area contributed by atoms with Gasteiger partial charge in [-0.3, -0.25) is 4.79 Å². The molecule has 1 aliphatic heterocycles. The molecule has 1 heterocycles. The largest absolute Gasteiger partial charge is 0.495 e. The third kappa shape index (κ3) is 6.17. The number of anilines is 3. The molecule has 3 rings (SSSR count). The minimum atomic E-state index is -3.62. The highest BCUT2D eigenvalue weighted by atomic mass is 32.2. The molecule has 1 amide bonds. The molecule has 0 spiro atoms. The first-order valence-electron chi connectivity index (χ1n) is 11.5. The van der Waals surface area contributed by atoms with Gasteiger partial charge in [-0.15, -0.1) is 0 Å². The van der Waals surface area contributed by atoms with Gasteiger partial charge in [-0.1, -0.05) is 13.8 Å². The van der Waals surface area contributed by atoms with Crippen molar-refractivity contribution in [1.29, 1.82) is 0 Å². The Morgan fingerprint density at radius 3 is 2.30 bits per heavy atom. The third-order valence-electron chi connectivity index (χ3n) is 5.83. The van der Waals surface area contributed by atoms with E-state index in [0.29, 0.717) is 30.2 Å². The molecule has 9 heteroatoms. The van der Waals surface area contributed by atoms with E-state index in [1.165, 1.54) is 48.5 Å². The highest BCUT2D eigenvalue weighted by Crippen LogP contribution is 2.29. The molecule has 0 saturated carbocycles. The number of hydrogen-bond donors (Lipinski definition) is 2. The SMILES string of the molecule is CCN(CC)S(=O)(=O)c1ccc(OC)c(NCC(=O)Nc2ccc(N3CCCCC3)cc2)c1. The van der Waals surface area contributed by atoms with E-state index in [-0.39, 0.29) is 17.3 Å². The Bertz CT molecular complexity index is 1030. The molecule has 0 aliphatic carbocycles. The number of ether oxygens (including phenoxy) is 1. The zero-order valence-corrected chi connectivity index (χ0v) is 20.5. The third-order valence-corrected chi connectivity index (χ3v) is 7.87. The number of carbonyl (C=O) groups is 1. The van der Waals surface area contributed by atoms with Gasteiger partial charge in [0, 0.05) is 37.6 Å². The summed E-state index contributed by atoms with van der Waals surface area (Å²) < 4.78 is 32.4. The van der Waals surface area contributed by atoms with Gasteiger partial charge in [-0.2, -0.15) is 4.31 Å². The Balaban J connectivity index is 1.64. The summed E-state index contributed by atoms with van der Waals surface area (Å²) in [6.07, 6.45) is 3.71. The van der Waals surface area contributed by atoms with E-state index in [1.54, 1.807) is 19.9 Å². The monoisotopic (exact) mass is 474 g/mol. The van der Waals surface area contributed by atoms with Crippen LogP contribution in [0.4, 0.5) is 17.1 Å². The molecular weight excluding hydrogens is 440 g/mol. The number of carbonyl (C=O) groups excluding carboxylic acids is 1. The van der Waals surface area contributed by atoms with Gasteiger partial charge in [0.25, 0.3) is 0 Å². The number of piperidine rings is 1. The lowest BCUT2D eigenvalue weighted by molar-refractivity contribution is -0.114. The molecule has 0 bridgehead atoms.